The molecule has 26 heavy (non-hydrogen) atoms. The normalized spacial score (nSPS) is 30.8. The Kier molecular flexibility index (Phi) is 6.34. The Labute approximate surface area is 181 Å². The van der Waals surface area contributed by atoms with Gasteiger partial charge in [-0.1, -0.05) is 87.7 Å². The largest absolute Gasteiger partial charge is 0.469 e. The third kappa shape index (κ3) is 4.59. The van der Waals surface area contributed by atoms with Crippen molar-refractivity contribution in [3.8, 4) is 0 Å². The highest BCUT2D eigenvalue weighted by molar-refractivity contribution is 14.1. The van der Waals surface area contributed by atoms with Crippen LogP contribution in [0.3, 0.4) is 0 Å². The molecule has 1 saturated heterocycles. The Balaban J connectivity index is 1.92. The maximum atomic E-state index is 10.5. The van der Waals surface area contributed by atoms with Gasteiger partial charge in [0, 0.05) is 5.56 Å². The number of hydrogen-bond donors (Lipinski definition) is 1. The number of fused-ring (bicyclic) bond motifs is 1. The SMILES string of the molecule is CC(C)(O)[C@H](I)[C@H]1N=C(C(Cl)(Cl)Cl)O[C@@H]2CO[C@H](c3ccccc3)O[C@H]12. The smallest absolute Gasteiger partial charge is 0.266 e. The number of rotatable bonds is 3. The standard InChI is InChI=1S/C17H19Cl3INO4/c1-16(2,23)13(21)11-12-10(25-15(22-11)17(18,19)20)8-24-14(26-12)9-6-4-3-5-7-9/h3-7,10-14,23H,8H2,1-2H3/t10-,11+,12+,13-,14+/m1/s1. The lowest BCUT2D eigenvalue weighted by atomic mass is 9.92. The first-order chi connectivity index (χ1) is 12.1. The number of hydrogen-bond acceptors (Lipinski definition) is 5. The molecule has 0 radical (unpaired) electrons. The maximum absolute atomic E-state index is 10.5. The van der Waals surface area contributed by atoms with Crippen molar-refractivity contribution in [2.75, 3.05) is 6.61 Å². The second kappa shape index (κ2) is 7.89. The Morgan fingerprint density at radius 2 is 1.88 bits per heavy atom. The summed E-state index contributed by atoms with van der Waals surface area (Å²) in [6, 6.07) is 9.15. The van der Waals surface area contributed by atoms with Crippen molar-refractivity contribution in [3.63, 3.8) is 0 Å². The molecule has 0 aromatic heterocycles. The van der Waals surface area contributed by atoms with Gasteiger partial charge >= 0.3 is 0 Å². The molecule has 1 fully saturated rings. The van der Waals surface area contributed by atoms with Gasteiger partial charge in [0.15, 0.2) is 12.4 Å². The van der Waals surface area contributed by atoms with E-state index in [9.17, 15) is 5.11 Å². The zero-order chi connectivity index (χ0) is 19.1. The molecule has 3 rings (SSSR count). The lowest BCUT2D eigenvalue weighted by Crippen LogP contribution is -2.58. The minimum Gasteiger partial charge on any atom is -0.469 e. The van der Waals surface area contributed by atoms with Crippen LogP contribution in [-0.4, -0.2) is 49.2 Å². The zero-order valence-electron chi connectivity index (χ0n) is 14.1. The second-order valence-electron chi connectivity index (χ2n) is 6.81. The molecule has 144 valence electrons. The third-order valence-electron chi connectivity index (χ3n) is 4.21. The van der Waals surface area contributed by atoms with Crippen LogP contribution in [0.1, 0.15) is 25.7 Å². The van der Waals surface area contributed by atoms with E-state index in [2.05, 4.69) is 27.6 Å². The molecule has 5 atom stereocenters. The fraction of sp³-hybridized carbons (Fsp3) is 0.588. The van der Waals surface area contributed by atoms with Gasteiger partial charge in [-0.05, 0) is 13.8 Å². The molecule has 0 bridgehead atoms. The number of aliphatic imine (C=N–C) groups is 1. The summed E-state index contributed by atoms with van der Waals surface area (Å²) in [5.41, 5.74) is -0.117. The molecule has 5 nitrogen and oxygen atoms in total. The summed E-state index contributed by atoms with van der Waals surface area (Å²) in [6.07, 6.45) is -1.47. The van der Waals surface area contributed by atoms with Crippen LogP contribution in [0.15, 0.2) is 35.3 Å². The van der Waals surface area contributed by atoms with Crippen molar-refractivity contribution < 1.29 is 19.3 Å². The van der Waals surface area contributed by atoms with Crippen LogP contribution in [0.2, 0.25) is 0 Å². The first-order valence-corrected chi connectivity index (χ1v) is 10.5. The van der Waals surface area contributed by atoms with Crippen molar-refractivity contribution in [2.24, 2.45) is 4.99 Å². The summed E-state index contributed by atoms with van der Waals surface area (Å²) in [6.45, 7) is 3.69. The van der Waals surface area contributed by atoms with Gasteiger partial charge < -0.3 is 19.3 Å². The number of nitrogens with zero attached hydrogens (tertiary/aromatic N) is 1. The highest BCUT2D eigenvalue weighted by atomic mass is 127. The van der Waals surface area contributed by atoms with E-state index < -0.39 is 33.9 Å². The molecule has 2 aliphatic rings. The number of aliphatic hydroxyl groups is 1. The van der Waals surface area contributed by atoms with Crippen molar-refractivity contribution in [3.05, 3.63) is 35.9 Å². The van der Waals surface area contributed by atoms with E-state index in [1.807, 2.05) is 30.3 Å². The van der Waals surface area contributed by atoms with Crippen LogP contribution < -0.4 is 0 Å². The van der Waals surface area contributed by atoms with Gasteiger partial charge in [-0.2, -0.15) is 0 Å². The Bertz CT molecular complexity index is 662. The molecular weight excluding hydrogens is 515 g/mol. The summed E-state index contributed by atoms with van der Waals surface area (Å²) in [7, 11) is 0. The highest BCUT2D eigenvalue weighted by Crippen LogP contribution is 2.40. The van der Waals surface area contributed by atoms with E-state index in [0.29, 0.717) is 0 Å². The van der Waals surface area contributed by atoms with Gasteiger partial charge in [0.1, 0.15) is 6.10 Å². The van der Waals surface area contributed by atoms with Crippen molar-refractivity contribution in [1.82, 2.24) is 0 Å². The minimum absolute atomic E-state index is 0.00923. The zero-order valence-corrected chi connectivity index (χ0v) is 18.5. The molecule has 1 aromatic carbocycles. The summed E-state index contributed by atoms with van der Waals surface area (Å²) in [4.78, 5) is 4.48. The molecule has 1 N–H and O–H groups in total. The lowest BCUT2D eigenvalue weighted by Gasteiger charge is -2.45. The van der Waals surface area contributed by atoms with E-state index in [1.165, 1.54) is 0 Å². The van der Waals surface area contributed by atoms with Gasteiger partial charge in [0.2, 0.25) is 5.90 Å². The second-order valence-corrected chi connectivity index (χ2v) is 10.4. The van der Waals surface area contributed by atoms with Crippen LogP contribution in [0.25, 0.3) is 0 Å². The van der Waals surface area contributed by atoms with Crippen LogP contribution in [0.5, 0.6) is 0 Å². The first-order valence-electron chi connectivity index (χ1n) is 8.07. The summed E-state index contributed by atoms with van der Waals surface area (Å²) >= 11 is 20.1. The molecule has 0 saturated carbocycles. The first kappa shape index (κ1) is 20.9. The predicted octanol–water partition coefficient (Wildman–Crippen LogP) is 4.21. The quantitative estimate of drug-likeness (QED) is 0.466. The van der Waals surface area contributed by atoms with Gasteiger partial charge in [-0.3, -0.25) is 0 Å². The number of halogens is 4. The van der Waals surface area contributed by atoms with Crippen molar-refractivity contribution >= 4 is 63.3 Å². The summed E-state index contributed by atoms with van der Waals surface area (Å²) in [5, 5.41) is 10.5. The minimum atomic E-state index is -1.80. The number of ether oxygens (including phenoxy) is 3. The van der Waals surface area contributed by atoms with Crippen LogP contribution in [-0.2, 0) is 14.2 Å². The molecule has 0 amide bonds. The van der Waals surface area contributed by atoms with Crippen LogP contribution >= 0.6 is 57.4 Å². The van der Waals surface area contributed by atoms with Crippen molar-refractivity contribution in [1.29, 1.82) is 0 Å². The Morgan fingerprint density at radius 1 is 1.23 bits per heavy atom. The van der Waals surface area contributed by atoms with E-state index in [0.717, 1.165) is 5.56 Å². The number of benzene rings is 1. The van der Waals surface area contributed by atoms with E-state index in [1.54, 1.807) is 13.8 Å². The highest BCUT2D eigenvalue weighted by Gasteiger charge is 2.50. The molecule has 9 heteroatoms. The lowest BCUT2D eigenvalue weighted by molar-refractivity contribution is -0.263. The average molecular weight is 535 g/mol. The molecule has 0 spiro atoms. The third-order valence-corrected chi connectivity index (χ3v) is 6.96. The van der Waals surface area contributed by atoms with Gasteiger partial charge in [0.25, 0.3) is 3.79 Å². The predicted molar refractivity (Wildman–Crippen MR) is 110 cm³/mol. The topological polar surface area (TPSA) is 60.3 Å². The molecule has 0 aliphatic carbocycles. The monoisotopic (exact) mass is 533 g/mol. The van der Waals surface area contributed by atoms with Gasteiger partial charge in [-0.15, -0.1) is 0 Å². The van der Waals surface area contributed by atoms with E-state index in [-0.39, 0.29) is 16.4 Å². The fourth-order valence-corrected chi connectivity index (χ4v) is 3.76. The molecule has 2 heterocycles. The molecular formula is C17H19Cl3INO4. The Hall–Kier alpha value is 0.170. The average Bonchev–Trinajstić information content (AvgIpc) is 2.59. The molecule has 0 unspecified atom stereocenters. The van der Waals surface area contributed by atoms with Crippen molar-refractivity contribution in [2.45, 2.75) is 51.7 Å². The van der Waals surface area contributed by atoms with E-state index >= 15 is 0 Å². The van der Waals surface area contributed by atoms with Crippen LogP contribution in [0, 0.1) is 0 Å². The Morgan fingerprint density at radius 3 is 2.46 bits per heavy atom. The van der Waals surface area contributed by atoms with Gasteiger partial charge in [-0.25, -0.2) is 4.99 Å². The van der Waals surface area contributed by atoms with Crippen LogP contribution in [0.4, 0.5) is 0 Å². The molecule has 2 aliphatic heterocycles. The molecule has 1 aromatic rings. The summed E-state index contributed by atoms with van der Waals surface area (Å²) in [5.74, 6) is -0.00923. The van der Waals surface area contributed by atoms with Gasteiger partial charge in [0.05, 0.1) is 22.2 Å². The fourth-order valence-electron chi connectivity index (χ4n) is 2.91. The van der Waals surface area contributed by atoms with E-state index in [4.69, 9.17) is 49.0 Å². The maximum Gasteiger partial charge on any atom is 0.266 e. The number of alkyl halides is 4. The summed E-state index contributed by atoms with van der Waals surface area (Å²) < 4.78 is 15.6.